The molecule has 0 radical (unpaired) electrons. The van der Waals surface area contributed by atoms with E-state index in [1.807, 2.05) is 30.3 Å². The number of hydrogen-bond donors (Lipinski definition) is 4. The van der Waals surface area contributed by atoms with E-state index in [2.05, 4.69) is 20.7 Å². The molecule has 0 fully saturated rings. The molecule has 1 unspecified atom stereocenters. The van der Waals surface area contributed by atoms with Crippen LogP contribution in [0.5, 0.6) is 0 Å². The lowest BCUT2D eigenvalue weighted by Crippen LogP contribution is -2.15. The number of rotatable bonds is 5. The van der Waals surface area contributed by atoms with Gasteiger partial charge in [0, 0.05) is 12.6 Å². The number of aromatic nitrogens is 2. The maximum Gasteiger partial charge on any atom is 0.145 e. The van der Waals surface area contributed by atoms with Crippen LogP contribution >= 0.6 is 0 Å². The van der Waals surface area contributed by atoms with Crippen molar-refractivity contribution in [2.75, 3.05) is 17.3 Å². The topological polar surface area (TPSA) is 96.1 Å². The number of hydrogen-bond acceptors (Lipinski definition) is 6. The molecule has 1 aromatic carbocycles. The quantitative estimate of drug-likeness (QED) is 0.476. The van der Waals surface area contributed by atoms with E-state index in [1.165, 1.54) is 0 Å². The van der Waals surface area contributed by atoms with Crippen LogP contribution in [0.1, 0.15) is 17.5 Å². The molecule has 1 atom stereocenters. The Morgan fingerprint density at radius 2 is 1.89 bits per heavy atom. The number of nitrogen functional groups attached to an aromatic ring is 1. The Morgan fingerprint density at radius 1 is 1.21 bits per heavy atom. The van der Waals surface area contributed by atoms with Crippen LogP contribution in [0.25, 0.3) is 0 Å². The lowest BCUT2D eigenvalue weighted by atomic mass is 10.1. The highest BCUT2D eigenvalue weighted by molar-refractivity contribution is 5.46. The standard InChI is InChI=1S/C13H17N5O/c1-9-16-12(7-13(17-9)18-14)15-8-11(19)10-5-3-2-4-6-10/h2-7,11,19H,8,14H2,1H3,(H2,15,16,17,18). The highest BCUT2D eigenvalue weighted by atomic mass is 16.3. The molecule has 2 rings (SSSR count). The molecule has 0 saturated heterocycles. The Bertz CT molecular complexity index is 532. The van der Waals surface area contributed by atoms with Crippen molar-refractivity contribution in [1.82, 2.24) is 9.97 Å². The van der Waals surface area contributed by atoms with Gasteiger partial charge in [-0.15, -0.1) is 0 Å². The van der Waals surface area contributed by atoms with E-state index in [-0.39, 0.29) is 0 Å². The zero-order valence-electron chi connectivity index (χ0n) is 10.7. The van der Waals surface area contributed by atoms with Crippen LogP contribution in [-0.4, -0.2) is 21.6 Å². The van der Waals surface area contributed by atoms with Crippen LogP contribution in [-0.2, 0) is 0 Å². The minimum atomic E-state index is -0.592. The molecule has 0 aliphatic rings. The van der Waals surface area contributed by atoms with Crippen molar-refractivity contribution < 1.29 is 5.11 Å². The highest BCUT2D eigenvalue weighted by Gasteiger charge is 2.07. The molecule has 19 heavy (non-hydrogen) atoms. The van der Waals surface area contributed by atoms with E-state index in [0.717, 1.165) is 5.56 Å². The molecule has 0 aliphatic carbocycles. The molecule has 5 N–H and O–H groups in total. The summed E-state index contributed by atoms with van der Waals surface area (Å²) in [7, 11) is 0. The second kappa shape index (κ2) is 6.12. The van der Waals surface area contributed by atoms with Crippen LogP contribution in [0.3, 0.4) is 0 Å². The van der Waals surface area contributed by atoms with Gasteiger partial charge in [0.15, 0.2) is 0 Å². The maximum absolute atomic E-state index is 10.0. The summed E-state index contributed by atoms with van der Waals surface area (Å²) in [4.78, 5) is 8.31. The molecule has 0 spiro atoms. The van der Waals surface area contributed by atoms with E-state index in [9.17, 15) is 5.11 Å². The molecule has 100 valence electrons. The highest BCUT2D eigenvalue weighted by Crippen LogP contribution is 2.14. The zero-order chi connectivity index (χ0) is 13.7. The Labute approximate surface area is 111 Å². The molecule has 0 saturated carbocycles. The first kappa shape index (κ1) is 13.3. The molecular weight excluding hydrogens is 242 g/mol. The van der Waals surface area contributed by atoms with Crippen molar-refractivity contribution in [3.63, 3.8) is 0 Å². The van der Waals surface area contributed by atoms with Crippen molar-refractivity contribution in [3.8, 4) is 0 Å². The van der Waals surface area contributed by atoms with Crippen molar-refractivity contribution >= 4 is 11.6 Å². The van der Waals surface area contributed by atoms with Crippen LogP contribution in [0.15, 0.2) is 36.4 Å². The summed E-state index contributed by atoms with van der Waals surface area (Å²) in [5.41, 5.74) is 3.33. The van der Waals surface area contributed by atoms with Crippen molar-refractivity contribution in [2.24, 2.45) is 5.84 Å². The number of aryl methyl sites for hydroxylation is 1. The largest absolute Gasteiger partial charge is 0.387 e. The third kappa shape index (κ3) is 3.64. The molecule has 6 nitrogen and oxygen atoms in total. The minimum absolute atomic E-state index is 0.366. The number of nitrogens with two attached hydrogens (primary N) is 1. The van der Waals surface area contributed by atoms with E-state index < -0.39 is 6.10 Å². The fourth-order valence-electron chi connectivity index (χ4n) is 1.73. The molecule has 6 heteroatoms. The molecular formula is C13H17N5O. The van der Waals surface area contributed by atoms with Gasteiger partial charge in [-0.2, -0.15) is 0 Å². The van der Waals surface area contributed by atoms with Crippen molar-refractivity contribution in [2.45, 2.75) is 13.0 Å². The summed E-state index contributed by atoms with van der Waals surface area (Å²) in [5.74, 6) is 7.07. The smallest absolute Gasteiger partial charge is 0.145 e. The van der Waals surface area contributed by atoms with Crippen molar-refractivity contribution in [3.05, 3.63) is 47.8 Å². The first-order valence-corrected chi connectivity index (χ1v) is 5.98. The number of anilines is 2. The van der Waals surface area contributed by atoms with E-state index in [0.29, 0.717) is 24.0 Å². The second-order valence-electron chi connectivity index (χ2n) is 4.14. The Kier molecular flexibility index (Phi) is 4.27. The van der Waals surface area contributed by atoms with Gasteiger partial charge in [0.1, 0.15) is 17.5 Å². The van der Waals surface area contributed by atoms with Gasteiger partial charge in [-0.25, -0.2) is 15.8 Å². The van der Waals surface area contributed by atoms with Crippen LogP contribution in [0.4, 0.5) is 11.6 Å². The molecule has 0 amide bonds. The van der Waals surface area contributed by atoms with Crippen molar-refractivity contribution in [1.29, 1.82) is 0 Å². The fraction of sp³-hybridized carbons (Fsp3) is 0.231. The normalized spacial score (nSPS) is 11.9. The van der Waals surface area contributed by atoms with E-state index in [4.69, 9.17) is 5.84 Å². The maximum atomic E-state index is 10.0. The summed E-state index contributed by atoms with van der Waals surface area (Å²) in [6, 6.07) is 11.1. The Balaban J connectivity index is 2.01. The molecule has 1 heterocycles. The second-order valence-corrected chi connectivity index (χ2v) is 4.14. The predicted molar refractivity (Wildman–Crippen MR) is 74.5 cm³/mol. The first-order chi connectivity index (χ1) is 9.19. The SMILES string of the molecule is Cc1nc(NN)cc(NCC(O)c2ccccc2)n1. The van der Waals surface area contributed by atoms with Gasteiger partial charge in [-0.1, -0.05) is 30.3 Å². The number of aliphatic hydroxyl groups is 1. The number of nitrogens with zero attached hydrogens (tertiary/aromatic N) is 2. The van der Waals surface area contributed by atoms with Gasteiger partial charge >= 0.3 is 0 Å². The minimum Gasteiger partial charge on any atom is -0.387 e. The summed E-state index contributed by atoms with van der Waals surface area (Å²) in [5, 5.41) is 13.1. The summed E-state index contributed by atoms with van der Waals surface area (Å²) < 4.78 is 0. The first-order valence-electron chi connectivity index (χ1n) is 5.98. The third-order valence-electron chi connectivity index (χ3n) is 2.65. The average Bonchev–Trinajstić information content (AvgIpc) is 2.45. The molecule has 2 aromatic rings. The Hall–Kier alpha value is -2.18. The molecule has 0 aliphatic heterocycles. The summed E-state index contributed by atoms with van der Waals surface area (Å²) in [6.45, 7) is 2.14. The van der Waals surface area contributed by atoms with Gasteiger partial charge in [0.2, 0.25) is 0 Å². The number of nitrogens with one attached hydrogen (secondary N) is 2. The van der Waals surface area contributed by atoms with Gasteiger partial charge in [0.25, 0.3) is 0 Å². The lowest BCUT2D eigenvalue weighted by Gasteiger charge is -2.13. The number of aliphatic hydroxyl groups excluding tert-OH is 1. The van der Waals surface area contributed by atoms with Gasteiger partial charge in [-0.3, -0.25) is 0 Å². The predicted octanol–water partition coefficient (Wildman–Crippen LogP) is 1.22. The van der Waals surface area contributed by atoms with Crippen LogP contribution in [0, 0.1) is 6.92 Å². The van der Waals surface area contributed by atoms with Gasteiger partial charge in [-0.05, 0) is 12.5 Å². The van der Waals surface area contributed by atoms with Gasteiger partial charge < -0.3 is 15.8 Å². The Morgan fingerprint density at radius 3 is 2.58 bits per heavy atom. The lowest BCUT2D eigenvalue weighted by molar-refractivity contribution is 0.191. The average molecular weight is 259 g/mol. The summed E-state index contributed by atoms with van der Waals surface area (Å²) in [6.07, 6.45) is -0.592. The van der Waals surface area contributed by atoms with E-state index >= 15 is 0 Å². The molecule has 1 aromatic heterocycles. The van der Waals surface area contributed by atoms with Gasteiger partial charge in [0.05, 0.1) is 6.10 Å². The zero-order valence-corrected chi connectivity index (χ0v) is 10.7. The molecule has 0 bridgehead atoms. The summed E-state index contributed by atoms with van der Waals surface area (Å²) >= 11 is 0. The fourth-order valence-corrected chi connectivity index (χ4v) is 1.73. The monoisotopic (exact) mass is 259 g/mol. The van der Waals surface area contributed by atoms with E-state index in [1.54, 1.807) is 13.0 Å². The third-order valence-corrected chi connectivity index (χ3v) is 2.65. The number of hydrazine groups is 1. The number of benzene rings is 1. The van der Waals surface area contributed by atoms with Crippen LogP contribution < -0.4 is 16.6 Å². The van der Waals surface area contributed by atoms with Crippen LogP contribution in [0.2, 0.25) is 0 Å².